The third-order valence-electron chi connectivity index (χ3n) is 3.01. The van der Waals surface area contributed by atoms with Gasteiger partial charge in [-0.1, -0.05) is 13.0 Å². The van der Waals surface area contributed by atoms with Crippen LogP contribution in [0.5, 0.6) is 0 Å². The van der Waals surface area contributed by atoms with Crippen LogP contribution in [0.2, 0.25) is 0 Å². The first kappa shape index (κ1) is 14.9. The molecule has 1 heterocycles. The minimum atomic E-state index is 0.357. The van der Waals surface area contributed by atoms with Gasteiger partial charge in [0.25, 0.3) is 0 Å². The van der Waals surface area contributed by atoms with Gasteiger partial charge < -0.3 is 15.0 Å². The minimum absolute atomic E-state index is 0.357. The second kappa shape index (κ2) is 8.06. The Kier molecular flexibility index (Phi) is 6.68. The number of methoxy groups -OCH3 is 1. The Bertz CT molecular complexity index is 326. The van der Waals surface area contributed by atoms with Gasteiger partial charge in [0, 0.05) is 39.5 Å². The summed E-state index contributed by atoms with van der Waals surface area (Å²) in [5, 5.41) is 3.38. The second-order valence-electron chi connectivity index (χ2n) is 4.50. The summed E-state index contributed by atoms with van der Waals surface area (Å²) in [5.74, 6) is 1.01. The van der Waals surface area contributed by atoms with E-state index in [9.17, 15) is 0 Å². The van der Waals surface area contributed by atoms with Crippen LogP contribution in [0.1, 0.15) is 31.9 Å². The smallest absolute Gasteiger partial charge is 0.128 e. The maximum absolute atomic E-state index is 5.05. The van der Waals surface area contributed by atoms with E-state index in [1.165, 1.54) is 5.56 Å². The number of anilines is 1. The van der Waals surface area contributed by atoms with Crippen LogP contribution in [0.3, 0.4) is 0 Å². The Morgan fingerprint density at radius 2 is 2.22 bits per heavy atom. The van der Waals surface area contributed by atoms with E-state index in [2.05, 4.69) is 48.2 Å². The van der Waals surface area contributed by atoms with E-state index in [0.717, 1.165) is 31.9 Å². The summed E-state index contributed by atoms with van der Waals surface area (Å²) in [5.41, 5.74) is 1.23. The van der Waals surface area contributed by atoms with E-state index in [-0.39, 0.29) is 0 Å². The Balaban J connectivity index is 2.53. The van der Waals surface area contributed by atoms with Crippen LogP contribution in [0, 0.1) is 0 Å². The SMILES string of the molecule is CCNC(C)c1ccc(N(C)CCCOC)nc1. The van der Waals surface area contributed by atoms with E-state index < -0.39 is 0 Å². The van der Waals surface area contributed by atoms with Crippen LogP contribution in [0.25, 0.3) is 0 Å². The molecule has 0 aliphatic rings. The molecule has 0 aliphatic carbocycles. The largest absolute Gasteiger partial charge is 0.385 e. The zero-order chi connectivity index (χ0) is 13.4. The van der Waals surface area contributed by atoms with Crippen LogP contribution in [0.4, 0.5) is 5.82 Å². The van der Waals surface area contributed by atoms with Crippen molar-refractivity contribution in [3.8, 4) is 0 Å². The molecule has 1 aromatic heterocycles. The van der Waals surface area contributed by atoms with Gasteiger partial charge in [0.2, 0.25) is 0 Å². The monoisotopic (exact) mass is 251 g/mol. The molecule has 0 fully saturated rings. The number of ether oxygens (including phenoxy) is 1. The van der Waals surface area contributed by atoms with Gasteiger partial charge in [-0.15, -0.1) is 0 Å². The third kappa shape index (κ3) is 4.63. The molecule has 1 N–H and O–H groups in total. The van der Waals surface area contributed by atoms with Crippen molar-refractivity contribution < 1.29 is 4.74 Å². The fourth-order valence-corrected chi connectivity index (χ4v) is 1.86. The number of hydrogen-bond acceptors (Lipinski definition) is 4. The maximum Gasteiger partial charge on any atom is 0.128 e. The van der Waals surface area contributed by atoms with Crippen molar-refractivity contribution in [1.29, 1.82) is 0 Å². The van der Waals surface area contributed by atoms with Crippen molar-refractivity contribution in [2.75, 3.05) is 38.8 Å². The van der Waals surface area contributed by atoms with Gasteiger partial charge in [0.05, 0.1) is 0 Å². The average Bonchev–Trinajstić information content (AvgIpc) is 2.39. The number of hydrogen-bond donors (Lipinski definition) is 1. The van der Waals surface area contributed by atoms with Gasteiger partial charge in [-0.25, -0.2) is 4.98 Å². The molecule has 0 aliphatic heterocycles. The quantitative estimate of drug-likeness (QED) is 0.719. The third-order valence-corrected chi connectivity index (χ3v) is 3.01. The number of rotatable bonds is 8. The van der Waals surface area contributed by atoms with Crippen LogP contribution >= 0.6 is 0 Å². The summed E-state index contributed by atoms with van der Waals surface area (Å²) in [6.07, 6.45) is 2.97. The Morgan fingerprint density at radius 3 is 2.78 bits per heavy atom. The molecule has 0 amide bonds. The Morgan fingerprint density at radius 1 is 1.44 bits per heavy atom. The summed E-state index contributed by atoms with van der Waals surface area (Å²) < 4.78 is 5.05. The van der Waals surface area contributed by atoms with Crippen molar-refractivity contribution in [3.05, 3.63) is 23.9 Å². The highest BCUT2D eigenvalue weighted by Gasteiger charge is 2.06. The van der Waals surface area contributed by atoms with Gasteiger partial charge in [0.15, 0.2) is 0 Å². The summed E-state index contributed by atoms with van der Waals surface area (Å²) in [7, 11) is 3.79. The number of nitrogens with zero attached hydrogens (tertiary/aromatic N) is 2. The van der Waals surface area contributed by atoms with Crippen LogP contribution < -0.4 is 10.2 Å². The summed E-state index contributed by atoms with van der Waals surface area (Å²) in [6, 6.07) is 4.58. The molecular formula is C14H25N3O. The topological polar surface area (TPSA) is 37.4 Å². The summed E-state index contributed by atoms with van der Waals surface area (Å²) >= 11 is 0. The van der Waals surface area contributed by atoms with Gasteiger partial charge in [0.1, 0.15) is 5.82 Å². The molecule has 1 atom stereocenters. The molecule has 0 bridgehead atoms. The van der Waals surface area contributed by atoms with Crippen molar-refractivity contribution in [1.82, 2.24) is 10.3 Å². The highest BCUT2D eigenvalue weighted by Crippen LogP contribution is 2.15. The molecule has 4 heteroatoms. The van der Waals surface area contributed by atoms with Crippen molar-refractivity contribution in [3.63, 3.8) is 0 Å². The molecule has 102 valence electrons. The molecule has 0 radical (unpaired) electrons. The standard InChI is InChI=1S/C14H25N3O/c1-5-15-12(2)13-7-8-14(16-11-13)17(3)9-6-10-18-4/h7-8,11-12,15H,5-6,9-10H2,1-4H3. The van der Waals surface area contributed by atoms with E-state index in [0.29, 0.717) is 6.04 Å². The predicted molar refractivity (Wildman–Crippen MR) is 76.1 cm³/mol. The Hall–Kier alpha value is -1.13. The van der Waals surface area contributed by atoms with Crippen LogP contribution in [-0.4, -0.2) is 38.8 Å². The summed E-state index contributed by atoms with van der Waals surface area (Å²) in [4.78, 5) is 6.66. The fraction of sp³-hybridized carbons (Fsp3) is 0.643. The lowest BCUT2D eigenvalue weighted by Gasteiger charge is -2.19. The molecule has 18 heavy (non-hydrogen) atoms. The summed E-state index contributed by atoms with van der Waals surface area (Å²) in [6.45, 7) is 6.99. The zero-order valence-electron chi connectivity index (χ0n) is 11.9. The van der Waals surface area contributed by atoms with Gasteiger partial charge in [-0.2, -0.15) is 0 Å². The van der Waals surface area contributed by atoms with E-state index in [1.54, 1.807) is 7.11 Å². The van der Waals surface area contributed by atoms with E-state index >= 15 is 0 Å². The highest BCUT2D eigenvalue weighted by molar-refractivity contribution is 5.38. The number of aromatic nitrogens is 1. The van der Waals surface area contributed by atoms with Crippen LogP contribution in [-0.2, 0) is 4.74 Å². The lowest BCUT2D eigenvalue weighted by atomic mass is 10.1. The number of nitrogens with one attached hydrogen (secondary N) is 1. The van der Waals surface area contributed by atoms with Crippen LogP contribution in [0.15, 0.2) is 18.3 Å². The minimum Gasteiger partial charge on any atom is -0.385 e. The molecule has 1 rings (SSSR count). The lowest BCUT2D eigenvalue weighted by molar-refractivity contribution is 0.196. The van der Waals surface area contributed by atoms with Crippen molar-refractivity contribution in [2.24, 2.45) is 0 Å². The first-order valence-corrected chi connectivity index (χ1v) is 6.58. The molecule has 1 aromatic rings. The molecule has 4 nitrogen and oxygen atoms in total. The normalized spacial score (nSPS) is 12.4. The highest BCUT2D eigenvalue weighted by atomic mass is 16.5. The average molecular weight is 251 g/mol. The maximum atomic E-state index is 5.05. The van der Waals surface area contributed by atoms with Crippen molar-refractivity contribution >= 4 is 5.82 Å². The first-order chi connectivity index (χ1) is 8.69. The molecular weight excluding hydrogens is 226 g/mol. The molecule has 0 spiro atoms. The molecule has 1 unspecified atom stereocenters. The van der Waals surface area contributed by atoms with E-state index in [1.807, 2.05) is 6.20 Å². The number of pyridine rings is 1. The van der Waals surface area contributed by atoms with Gasteiger partial charge in [-0.3, -0.25) is 0 Å². The van der Waals surface area contributed by atoms with Gasteiger partial charge in [-0.05, 0) is 31.5 Å². The molecule has 0 saturated heterocycles. The van der Waals surface area contributed by atoms with E-state index in [4.69, 9.17) is 4.74 Å². The lowest BCUT2D eigenvalue weighted by Crippen LogP contribution is -2.21. The fourth-order valence-electron chi connectivity index (χ4n) is 1.86. The predicted octanol–water partition coefficient (Wildman–Crippen LogP) is 2.22. The second-order valence-corrected chi connectivity index (χ2v) is 4.50. The van der Waals surface area contributed by atoms with Crippen molar-refractivity contribution in [2.45, 2.75) is 26.3 Å². The zero-order valence-corrected chi connectivity index (χ0v) is 11.9. The molecule has 0 saturated carbocycles. The Labute approximate surface area is 110 Å². The first-order valence-electron chi connectivity index (χ1n) is 6.58. The van der Waals surface area contributed by atoms with Gasteiger partial charge >= 0.3 is 0 Å². The molecule has 0 aromatic carbocycles.